The van der Waals surface area contributed by atoms with Crippen molar-refractivity contribution < 1.29 is 22.4 Å². The zero-order chi connectivity index (χ0) is 18.9. The third-order valence-corrected chi connectivity index (χ3v) is 3.70. The highest BCUT2D eigenvalue weighted by molar-refractivity contribution is 5.95. The second-order valence-electron chi connectivity index (χ2n) is 5.47. The highest BCUT2D eigenvalue weighted by Gasteiger charge is 2.39. The van der Waals surface area contributed by atoms with Gasteiger partial charge < -0.3 is 9.88 Å². The molecule has 0 saturated heterocycles. The minimum atomic E-state index is -4.71. The first-order valence-corrected chi connectivity index (χ1v) is 7.41. The van der Waals surface area contributed by atoms with E-state index in [4.69, 9.17) is 0 Å². The van der Waals surface area contributed by atoms with Crippen molar-refractivity contribution in [3.63, 3.8) is 0 Å². The summed E-state index contributed by atoms with van der Waals surface area (Å²) in [5, 5.41) is 5.82. The summed E-state index contributed by atoms with van der Waals surface area (Å²) in [5.41, 5.74) is -1.06. The largest absolute Gasteiger partial charge is 0.433 e. The van der Waals surface area contributed by atoms with E-state index in [2.05, 4.69) is 15.4 Å². The molecule has 10 heteroatoms. The van der Waals surface area contributed by atoms with Crippen LogP contribution in [0.1, 0.15) is 21.6 Å². The van der Waals surface area contributed by atoms with E-state index < -0.39 is 29.2 Å². The molecule has 0 aliphatic heterocycles. The minimum Gasteiger partial charge on any atom is -0.348 e. The molecule has 1 aromatic carbocycles. The Hall–Kier alpha value is -3.17. The average Bonchev–Trinajstić information content (AvgIpc) is 3.21. The Labute approximate surface area is 145 Å². The van der Waals surface area contributed by atoms with Crippen LogP contribution in [0.2, 0.25) is 0 Å². The zero-order valence-corrected chi connectivity index (χ0v) is 13.5. The Morgan fingerprint density at radius 1 is 1.31 bits per heavy atom. The van der Waals surface area contributed by atoms with E-state index in [0.29, 0.717) is 10.2 Å². The van der Waals surface area contributed by atoms with E-state index in [-0.39, 0.29) is 12.2 Å². The molecule has 0 aliphatic rings. The molecule has 0 atom stereocenters. The lowest BCUT2D eigenvalue weighted by Crippen LogP contribution is -2.26. The van der Waals surface area contributed by atoms with E-state index in [1.807, 2.05) is 0 Å². The second-order valence-corrected chi connectivity index (χ2v) is 5.47. The normalized spacial score (nSPS) is 11.6. The summed E-state index contributed by atoms with van der Waals surface area (Å²) in [4.78, 5) is 15.9. The van der Waals surface area contributed by atoms with Crippen LogP contribution in [0.25, 0.3) is 5.69 Å². The summed E-state index contributed by atoms with van der Waals surface area (Å²) >= 11 is 0. The Bertz CT molecular complexity index is 931. The van der Waals surface area contributed by atoms with Crippen molar-refractivity contribution >= 4 is 5.91 Å². The van der Waals surface area contributed by atoms with Crippen molar-refractivity contribution in [1.29, 1.82) is 0 Å². The summed E-state index contributed by atoms with van der Waals surface area (Å²) in [6.07, 6.45) is 0.638. The van der Waals surface area contributed by atoms with Gasteiger partial charge in [0.2, 0.25) is 0 Å². The molecule has 0 bridgehead atoms. The molecule has 136 valence electrons. The van der Waals surface area contributed by atoms with Crippen LogP contribution >= 0.6 is 0 Å². The Morgan fingerprint density at radius 3 is 2.69 bits per heavy atom. The quantitative estimate of drug-likeness (QED) is 0.721. The molecular formula is C16H13F4N5O. The fourth-order valence-electron chi connectivity index (χ4n) is 2.49. The van der Waals surface area contributed by atoms with Crippen molar-refractivity contribution in [2.75, 3.05) is 0 Å². The van der Waals surface area contributed by atoms with Gasteiger partial charge in [0.1, 0.15) is 5.82 Å². The van der Waals surface area contributed by atoms with Gasteiger partial charge in [-0.05, 0) is 17.7 Å². The minimum absolute atomic E-state index is 0.133. The van der Waals surface area contributed by atoms with Crippen LogP contribution in [-0.4, -0.2) is 25.2 Å². The van der Waals surface area contributed by atoms with Crippen LogP contribution in [0.4, 0.5) is 17.6 Å². The Morgan fingerprint density at radius 2 is 2.08 bits per heavy atom. The number of benzene rings is 1. The Kier molecular flexibility index (Phi) is 4.49. The van der Waals surface area contributed by atoms with Gasteiger partial charge in [-0.1, -0.05) is 6.07 Å². The molecule has 6 nitrogen and oxygen atoms in total. The van der Waals surface area contributed by atoms with Crippen LogP contribution in [0.3, 0.4) is 0 Å². The van der Waals surface area contributed by atoms with Gasteiger partial charge in [0.05, 0.1) is 23.8 Å². The maximum Gasteiger partial charge on any atom is 0.433 e. The summed E-state index contributed by atoms with van der Waals surface area (Å²) < 4.78 is 55.2. The number of rotatable bonds is 4. The second kappa shape index (κ2) is 6.62. The molecule has 0 saturated carbocycles. The molecule has 1 N–H and O–H groups in total. The summed E-state index contributed by atoms with van der Waals surface area (Å²) in [5.74, 6) is -1.49. The molecule has 0 unspecified atom stereocenters. The van der Waals surface area contributed by atoms with E-state index in [1.165, 1.54) is 29.2 Å². The van der Waals surface area contributed by atoms with Crippen molar-refractivity contribution in [1.82, 2.24) is 24.6 Å². The van der Waals surface area contributed by atoms with Gasteiger partial charge in [-0.3, -0.25) is 9.48 Å². The lowest BCUT2D eigenvalue weighted by Gasteiger charge is -2.11. The average molecular weight is 367 g/mol. The van der Waals surface area contributed by atoms with Crippen molar-refractivity contribution in [2.45, 2.75) is 12.7 Å². The first-order valence-electron chi connectivity index (χ1n) is 7.41. The Balaban J connectivity index is 1.74. The topological polar surface area (TPSA) is 64.7 Å². The molecule has 0 aliphatic carbocycles. The maximum absolute atomic E-state index is 14.2. The van der Waals surface area contributed by atoms with Crippen LogP contribution in [0.5, 0.6) is 0 Å². The summed E-state index contributed by atoms with van der Waals surface area (Å²) in [6, 6.07) is 4.25. The van der Waals surface area contributed by atoms with Gasteiger partial charge in [-0.25, -0.2) is 9.37 Å². The number of nitrogens with one attached hydrogen (secondary N) is 1. The first-order chi connectivity index (χ1) is 12.3. The maximum atomic E-state index is 14.2. The number of imidazole rings is 1. The third kappa shape index (κ3) is 3.44. The van der Waals surface area contributed by atoms with Crippen molar-refractivity contribution in [3.8, 4) is 5.69 Å². The molecule has 2 heterocycles. The zero-order valence-electron chi connectivity index (χ0n) is 13.5. The predicted octanol–water partition coefficient (Wildman–Crippen LogP) is 2.69. The molecule has 3 aromatic rings. The number of carbonyl (C=O) groups excluding carboxylic acids is 1. The highest BCUT2D eigenvalue weighted by atomic mass is 19.4. The van der Waals surface area contributed by atoms with Gasteiger partial charge in [0.15, 0.2) is 5.69 Å². The number of aromatic nitrogens is 4. The number of amides is 1. The van der Waals surface area contributed by atoms with Crippen LogP contribution < -0.4 is 5.32 Å². The molecule has 26 heavy (non-hydrogen) atoms. The monoisotopic (exact) mass is 367 g/mol. The fraction of sp³-hybridized carbons (Fsp3) is 0.188. The van der Waals surface area contributed by atoms with E-state index in [0.717, 1.165) is 13.2 Å². The van der Waals surface area contributed by atoms with E-state index in [9.17, 15) is 22.4 Å². The SMILES string of the molecule is Cn1ncc(C(=O)NCc2ccc(-n3ccnc3)c(F)c2)c1C(F)(F)F. The van der Waals surface area contributed by atoms with E-state index in [1.54, 1.807) is 12.3 Å². The molecule has 0 spiro atoms. The summed E-state index contributed by atoms with van der Waals surface area (Å²) in [7, 11) is 1.10. The van der Waals surface area contributed by atoms with Crippen LogP contribution in [0.15, 0.2) is 43.1 Å². The molecular weight excluding hydrogens is 354 g/mol. The van der Waals surface area contributed by atoms with Crippen molar-refractivity contribution in [3.05, 3.63) is 65.8 Å². The number of hydrogen-bond donors (Lipinski definition) is 1. The number of carbonyl (C=O) groups is 1. The number of halogens is 4. The summed E-state index contributed by atoms with van der Waals surface area (Å²) in [6.45, 7) is -0.133. The molecule has 3 rings (SSSR count). The highest BCUT2D eigenvalue weighted by Crippen LogP contribution is 2.31. The molecule has 1 amide bonds. The standard InChI is InChI=1S/C16H13F4N5O/c1-24-14(16(18,19)20)11(8-23-24)15(26)22-7-10-2-3-13(12(17)6-10)25-5-4-21-9-25/h2-6,8-9H,7H2,1H3,(H,22,26). The van der Waals surface area contributed by atoms with Gasteiger partial charge in [0, 0.05) is 26.0 Å². The fourth-order valence-corrected chi connectivity index (χ4v) is 2.49. The lowest BCUT2D eigenvalue weighted by atomic mass is 10.1. The van der Waals surface area contributed by atoms with Gasteiger partial charge in [0.25, 0.3) is 5.91 Å². The number of nitrogens with zero attached hydrogens (tertiary/aromatic N) is 4. The first kappa shape index (κ1) is 17.6. The molecule has 0 fully saturated rings. The van der Waals surface area contributed by atoms with Gasteiger partial charge in [-0.15, -0.1) is 0 Å². The van der Waals surface area contributed by atoms with Gasteiger partial charge in [-0.2, -0.15) is 18.3 Å². The van der Waals surface area contributed by atoms with Crippen molar-refractivity contribution in [2.24, 2.45) is 7.05 Å². The van der Waals surface area contributed by atoms with E-state index >= 15 is 0 Å². The molecule has 2 aromatic heterocycles. The number of alkyl halides is 3. The van der Waals surface area contributed by atoms with Crippen LogP contribution in [-0.2, 0) is 19.8 Å². The number of hydrogen-bond acceptors (Lipinski definition) is 3. The number of aryl methyl sites for hydroxylation is 1. The smallest absolute Gasteiger partial charge is 0.348 e. The van der Waals surface area contributed by atoms with Crippen LogP contribution in [0, 0.1) is 5.82 Å². The van der Waals surface area contributed by atoms with Gasteiger partial charge >= 0.3 is 6.18 Å². The predicted molar refractivity (Wildman–Crippen MR) is 82.9 cm³/mol. The molecule has 0 radical (unpaired) electrons. The lowest BCUT2D eigenvalue weighted by molar-refractivity contribution is -0.144. The third-order valence-electron chi connectivity index (χ3n) is 3.70.